The molecule has 0 atom stereocenters. The highest BCUT2D eigenvalue weighted by Crippen LogP contribution is 2.29. The van der Waals surface area contributed by atoms with Crippen molar-refractivity contribution in [2.45, 2.75) is 51.3 Å². The number of nitrogens with one attached hydrogen (secondary N) is 1. The summed E-state index contributed by atoms with van der Waals surface area (Å²) in [6.45, 7) is 8.12. The zero-order chi connectivity index (χ0) is 18.1. The summed E-state index contributed by atoms with van der Waals surface area (Å²) in [5, 5.41) is 3.16. The molecule has 2 fully saturated rings. The van der Waals surface area contributed by atoms with Crippen LogP contribution in [-0.4, -0.2) is 52.7 Å². The summed E-state index contributed by atoms with van der Waals surface area (Å²) in [6.07, 6.45) is 1.24. The van der Waals surface area contributed by atoms with Crippen molar-refractivity contribution >= 4 is 12.1 Å². The highest BCUT2D eigenvalue weighted by molar-refractivity contribution is 5.78. The number of amides is 3. The van der Waals surface area contributed by atoms with E-state index in [0.717, 1.165) is 18.4 Å². The van der Waals surface area contributed by atoms with E-state index in [0.29, 0.717) is 26.2 Å². The van der Waals surface area contributed by atoms with E-state index in [1.165, 1.54) is 0 Å². The fraction of sp³-hybridized carbons (Fsp3) is 0.579. The number of rotatable bonds is 2. The maximum atomic E-state index is 12.4. The summed E-state index contributed by atoms with van der Waals surface area (Å²) in [5.41, 5.74) is 0.408. The summed E-state index contributed by atoms with van der Waals surface area (Å²) in [4.78, 5) is 28.2. The van der Waals surface area contributed by atoms with Gasteiger partial charge in [0.1, 0.15) is 5.60 Å². The van der Waals surface area contributed by atoms with Crippen molar-refractivity contribution in [3.05, 3.63) is 35.9 Å². The Morgan fingerprint density at radius 2 is 1.84 bits per heavy atom. The number of urea groups is 1. The molecular weight excluding hydrogens is 318 g/mol. The molecule has 3 amide bonds. The lowest BCUT2D eigenvalue weighted by Gasteiger charge is -2.39. The quantitative estimate of drug-likeness (QED) is 0.896. The van der Waals surface area contributed by atoms with E-state index >= 15 is 0 Å². The Balaban J connectivity index is 1.57. The maximum absolute atomic E-state index is 12.4. The minimum atomic E-state index is -0.486. The van der Waals surface area contributed by atoms with Crippen molar-refractivity contribution in [2.24, 2.45) is 0 Å². The largest absolute Gasteiger partial charge is 0.444 e. The van der Waals surface area contributed by atoms with Crippen LogP contribution in [0.2, 0.25) is 0 Å². The van der Waals surface area contributed by atoms with E-state index in [1.807, 2.05) is 56.0 Å². The van der Waals surface area contributed by atoms with Crippen LogP contribution in [0.15, 0.2) is 30.3 Å². The topological polar surface area (TPSA) is 61.9 Å². The highest BCUT2D eigenvalue weighted by atomic mass is 16.6. The van der Waals surface area contributed by atoms with Gasteiger partial charge in [0.05, 0.1) is 5.54 Å². The predicted octanol–water partition coefficient (Wildman–Crippen LogP) is 2.98. The molecular formula is C19H27N3O3. The first kappa shape index (κ1) is 17.6. The molecule has 2 heterocycles. The molecule has 2 saturated heterocycles. The van der Waals surface area contributed by atoms with Gasteiger partial charge in [0, 0.05) is 26.2 Å². The van der Waals surface area contributed by atoms with Crippen LogP contribution in [0.5, 0.6) is 0 Å². The van der Waals surface area contributed by atoms with Crippen LogP contribution in [0.4, 0.5) is 9.59 Å². The van der Waals surface area contributed by atoms with Gasteiger partial charge in [-0.25, -0.2) is 9.59 Å². The Morgan fingerprint density at radius 3 is 2.44 bits per heavy atom. The smallest absolute Gasteiger partial charge is 0.410 e. The number of piperidine rings is 1. The second-order valence-electron chi connectivity index (χ2n) is 8.02. The van der Waals surface area contributed by atoms with Gasteiger partial charge in [-0.05, 0) is 39.2 Å². The van der Waals surface area contributed by atoms with Crippen molar-refractivity contribution in [3.63, 3.8) is 0 Å². The Kier molecular flexibility index (Phi) is 4.62. The third kappa shape index (κ3) is 4.24. The molecule has 2 aliphatic rings. The van der Waals surface area contributed by atoms with Crippen molar-refractivity contribution in [3.8, 4) is 0 Å². The zero-order valence-electron chi connectivity index (χ0n) is 15.2. The summed E-state index contributed by atoms with van der Waals surface area (Å²) >= 11 is 0. The van der Waals surface area contributed by atoms with E-state index < -0.39 is 5.60 Å². The zero-order valence-corrected chi connectivity index (χ0v) is 15.2. The second kappa shape index (κ2) is 6.58. The summed E-state index contributed by atoms with van der Waals surface area (Å²) in [5.74, 6) is 0. The summed E-state index contributed by atoms with van der Waals surface area (Å²) < 4.78 is 5.44. The number of hydrogen-bond donors (Lipinski definition) is 1. The van der Waals surface area contributed by atoms with Gasteiger partial charge in [-0.2, -0.15) is 0 Å². The van der Waals surface area contributed by atoms with Crippen molar-refractivity contribution in [2.75, 3.05) is 19.6 Å². The number of carbonyl (C=O) groups is 2. The Labute approximate surface area is 149 Å². The van der Waals surface area contributed by atoms with Crippen LogP contribution in [0.25, 0.3) is 0 Å². The third-order valence-corrected chi connectivity index (χ3v) is 4.74. The van der Waals surface area contributed by atoms with Gasteiger partial charge in [0.25, 0.3) is 0 Å². The number of benzene rings is 1. The molecule has 0 bridgehead atoms. The van der Waals surface area contributed by atoms with Crippen LogP contribution in [0.3, 0.4) is 0 Å². The first-order chi connectivity index (χ1) is 11.8. The van der Waals surface area contributed by atoms with Gasteiger partial charge in [-0.15, -0.1) is 0 Å². The van der Waals surface area contributed by atoms with Crippen molar-refractivity contribution in [1.82, 2.24) is 15.1 Å². The molecule has 25 heavy (non-hydrogen) atoms. The molecule has 136 valence electrons. The number of nitrogens with zero attached hydrogens (tertiary/aromatic N) is 2. The molecule has 1 spiro atoms. The van der Waals surface area contributed by atoms with Crippen molar-refractivity contribution in [1.29, 1.82) is 0 Å². The Morgan fingerprint density at radius 1 is 1.20 bits per heavy atom. The summed E-state index contributed by atoms with van der Waals surface area (Å²) in [7, 11) is 0. The SMILES string of the molecule is CC(C)(C)OC(=O)N1CCC2(CC1)CN(Cc1ccccc1)C(=O)N2. The van der Waals surface area contributed by atoms with E-state index in [1.54, 1.807) is 4.90 Å². The predicted molar refractivity (Wildman–Crippen MR) is 95.2 cm³/mol. The third-order valence-electron chi connectivity index (χ3n) is 4.74. The number of carbonyl (C=O) groups excluding carboxylic acids is 2. The molecule has 0 saturated carbocycles. The van der Waals surface area contributed by atoms with Gasteiger partial charge in [0.2, 0.25) is 0 Å². The maximum Gasteiger partial charge on any atom is 0.410 e. The Hall–Kier alpha value is -2.24. The molecule has 1 aromatic carbocycles. The van der Waals surface area contributed by atoms with Gasteiger partial charge in [-0.1, -0.05) is 30.3 Å². The van der Waals surface area contributed by atoms with Crippen molar-refractivity contribution < 1.29 is 14.3 Å². The molecule has 6 nitrogen and oxygen atoms in total. The molecule has 1 aromatic rings. The highest BCUT2D eigenvalue weighted by Gasteiger charge is 2.45. The normalized spacial score (nSPS) is 19.9. The second-order valence-corrected chi connectivity index (χ2v) is 8.02. The van der Waals surface area contributed by atoms with Crippen LogP contribution in [0.1, 0.15) is 39.2 Å². The first-order valence-electron chi connectivity index (χ1n) is 8.85. The van der Waals surface area contributed by atoms with Crippen LogP contribution in [-0.2, 0) is 11.3 Å². The van der Waals surface area contributed by atoms with E-state index in [-0.39, 0.29) is 17.7 Å². The molecule has 0 aliphatic carbocycles. The lowest BCUT2D eigenvalue weighted by molar-refractivity contribution is 0.0161. The number of hydrogen-bond acceptors (Lipinski definition) is 3. The molecule has 2 aliphatic heterocycles. The van der Waals surface area contributed by atoms with Gasteiger partial charge < -0.3 is 19.9 Å². The molecule has 0 aromatic heterocycles. The van der Waals surface area contributed by atoms with Gasteiger partial charge in [-0.3, -0.25) is 0 Å². The first-order valence-corrected chi connectivity index (χ1v) is 8.85. The molecule has 0 unspecified atom stereocenters. The average Bonchev–Trinajstić information content (AvgIpc) is 2.82. The van der Waals surface area contributed by atoms with E-state index in [4.69, 9.17) is 4.74 Å². The van der Waals surface area contributed by atoms with Crippen LogP contribution in [0, 0.1) is 0 Å². The molecule has 6 heteroatoms. The minimum Gasteiger partial charge on any atom is -0.444 e. The monoisotopic (exact) mass is 345 g/mol. The lowest BCUT2D eigenvalue weighted by Crippen LogP contribution is -2.54. The fourth-order valence-electron chi connectivity index (χ4n) is 3.44. The van der Waals surface area contributed by atoms with E-state index in [2.05, 4.69) is 5.32 Å². The average molecular weight is 345 g/mol. The molecule has 0 radical (unpaired) electrons. The standard InChI is InChI=1S/C19H27N3O3/c1-18(2,3)25-17(24)21-11-9-19(10-12-21)14-22(16(23)20-19)13-15-7-5-4-6-8-15/h4-8H,9-14H2,1-3H3,(H,20,23). The summed E-state index contributed by atoms with van der Waals surface area (Å²) in [6, 6.07) is 9.99. The number of likely N-dealkylation sites (tertiary alicyclic amines) is 1. The minimum absolute atomic E-state index is 0.0189. The lowest BCUT2D eigenvalue weighted by atomic mass is 9.88. The molecule has 3 rings (SSSR count). The number of ether oxygens (including phenoxy) is 1. The Bertz CT molecular complexity index is 631. The van der Waals surface area contributed by atoms with Gasteiger partial charge in [0.15, 0.2) is 0 Å². The van der Waals surface area contributed by atoms with Crippen LogP contribution < -0.4 is 5.32 Å². The van der Waals surface area contributed by atoms with E-state index in [9.17, 15) is 9.59 Å². The van der Waals surface area contributed by atoms with Crippen LogP contribution >= 0.6 is 0 Å². The van der Waals surface area contributed by atoms with Gasteiger partial charge >= 0.3 is 12.1 Å². The molecule has 1 N–H and O–H groups in total. The fourth-order valence-corrected chi connectivity index (χ4v) is 3.44.